The number of aromatic carboxylic acids is 1. The Kier molecular flexibility index (Phi) is 4.39. The van der Waals surface area contributed by atoms with E-state index in [1.165, 1.54) is 18.3 Å². The second kappa shape index (κ2) is 6.41. The van der Waals surface area contributed by atoms with Gasteiger partial charge in [0.1, 0.15) is 0 Å². The lowest BCUT2D eigenvalue weighted by Crippen LogP contribution is -2.37. The summed E-state index contributed by atoms with van der Waals surface area (Å²) in [5.41, 5.74) is 0.555. The number of nitrogens with one attached hydrogen (secondary N) is 3. The fourth-order valence-corrected chi connectivity index (χ4v) is 1.54. The molecule has 110 valence electrons. The molecule has 4 N–H and O–H groups in total. The molecule has 0 aliphatic heterocycles. The quantitative estimate of drug-likeness (QED) is 0.599. The molecule has 2 aromatic rings. The van der Waals surface area contributed by atoms with Gasteiger partial charge in [-0.15, -0.1) is 10.2 Å². The summed E-state index contributed by atoms with van der Waals surface area (Å²) in [6, 6.07) is 1.91. The van der Waals surface area contributed by atoms with Crippen molar-refractivity contribution in [1.82, 2.24) is 36.2 Å². The van der Waals surface area contributed by atoms with Crippen LogP contribution < -0.4 is 10.6 Å². The summed E-state index contributed by atoms with van der Waals surface area (Å²) in [6.07, 6.45) is 1.38. The van der Waals surface area contributed by atoms with Crippen molar-refractivity contribution in [2.45, 2.75) is 19.5 Å². The van der Waals surface area contributed by atoms with Gasteiger partial charge in [-0.2, -0.15) is 5.21 Å². The lowest BCUT2D eigenvalue weighted by molar-refractivity contribution is 0.0696. The predicted octanol–water partition coefficient (Wildman–Crippen LogP) is -0.147. The number of amides is 2. The second-order valence-electron chi connectivity index (χ2n) is 4.16. The summed E-state index contributed by atoms with van der Waals surface area (Å²) < 4.78 is 0. The van der Waals surface area contributed by atoms with Gasteiger partial charge < -0.3 is 15.7 Å². The zero-order valence-electron chi connectivity index (χ0n) is 11.1. The van der Waals surface area contributed by atoms with E-state index in [2.05, 4.69) is 36.2 Å². The number of aromatic amines is 1. The van der Waals surface area contributed by atoms with E-state index in [1.807, 2.05) is 0 Å². The van der Waals surface area contributed by atoms with E-state index in [9.17, 15) is 9.59 Å². The lowest BCUT2D eigenvalue weighted by Gasteiger charge is -2.11. The molecule has 1 unspecified atom stereocenters. The fourth-order valence-electron chi connectivity index (χ4n) is 1.54. The van der Waals surface area contributed by atoms with E-state index >= 15 is 0 Å². The highest BCUT2D eigenvalue weighted by molar-refractivity contribution is 5.87. The SMILES string of the molecule is CC(NC(=O)NCc1cc(C(=O)O)ccn1)c1nn[nH]n1. The maximum absolute atomic E-state index is 11.7. The van der Waals surface area contributed by atoms with E-state index in [0.29, 0.717) is 11.5 Å². The number of nitrogens with zero attached hydrogens (tertiary/aromatic N) is 4. The Hall–Kier alpha value is -3.04. The number of hydrogen-bond acceptors (Lipinski definition) is 6. The number of hydrogen-bond donors (Lipinski definition) is 4. The summed E-state index contributed by atoms with van der Waals surface area (Å²) in [5, 5.41) is 27.2. The van der Waals surface area contributed by atoms with Gasteiger partial charge in [-0.25, -0.2) is 9.59 Å². The van der Waals surface area contributed by atoms with Gasteiger partial charge in [0.15, 0.2) is 5.82 Å². The lowest BCUT2D eigenvalue weighted by atomic mass is 10.2. The van der Waals surface area contributed by atoms with Crippen molar-refractivity contribution >= 4 is 12.0 Å². The van der Waals surface area contributed by atoms with E-state index in [4.69, 9.17) is 5.11 Å². The minimum atomic E-state index is -1.05. The maximum Gasteiger partial charge on any atom is 0.335 e. The summed E-state index contributed by atoms with van der Waals surface area (Å²) >= 11 is 0. The molecule has 2 heterocycles. The summed E-state index contributed by atoms with van der Waals surface area (Å²) in [5.74, 6) is -0.690. The smallest absolute Gasteiger partial charge is 0.335 e. The maximum atomic E-state index is 11.7. The van der Waals surface area contributed by atoms with E-state index in [1.54, 1.807) is 6.92 Å². The Morgan fingerprint density at radius 1 is 1.48 bits per heavy atom. The predicted molar refractivity (Wildman–Crippen MR) is 69.2 cm³/mol. The molecule has 0 aromatic carbocycles. The van der Waals surface area contributed by atoms with Crippen LogP contribution in [0.25, 0.3) is 0 Å². The Morgan fingerprint density at radius 3 is 2.95 bits per heavy atom. The first-order valence-corrected chi connectivity index (χ1v) is 6.02. The molecule has 21 heavy (non-hydrogen) atoms. The number of tetrazole rings is 1. The van der Waals surface area contributed by atoms with Crippen molar-refractivity contribution in [3.8, 4) is 0 Å². The molecule has 0 radical (unpaired) electrons. The molecule has 0 saturated carbocycles. The summed E-state index contributed by atoms with van der Waals surface area (Å²) in [7, 11) is 0. The average Bonchev–Trinajstić information content (AvgIpc) is 2.99. The summed E-state index contributed by atoms with van der Waals surface area (Å²) in [4.78, 5) is 26.5. The van der Waals surface area contributed by atoms with Crippen LogP contribution in [-0.2, 0) is 6.54 Å². The van der Waals surface area contributed by atoms with Crippen molar-refractivity contribution in [1.29, 1.82) is 0 Å². The fraction of sp³-hybridized carbons (Fsp3) is 0.273. The van der Waals surface area contributed by atoms with Gasteiger partial charge >= 0.3 is 12.0 Å². The number of carboxylic acids is 1. The highest BCUT2D eigenvalue weighted by atomic mass is 16.4. The first-order valence-electron chi connectivity index (χ1n) is 6.02. The normalized spacial score (nSPS) is 11.7. The number of H-pyrrole nitrogens is 1. The number of pyridine rings is 1. The van der Waals surface area contributed by atoms with Crippen LogP contribution in [0.15, 0.2) is 18.3 Å². The Bertz CT molecular complexity index is 629. The van der Waals surface area contributed by atoms with Crippen LogP contribution in [0.3, 0.4) is 0 Å². The molecule has 0 fully saturated rings. The van der Waals surface area contributed by atoms with E-state index in [-0.39, 0.29) is 12.1 Å². The van der Waals surface area contributed by atoms with Gasteiger partial charge in [-0.1, -0.05) is 5.21 Å². The molecule has 1 atom stereocenters. The number of carbonyl (C=O) groups excluding carboxylic acids is 1. The van der Waals surface area contributed by atoms with Crippen LogP contribution in [0, 0.1) is 0 Å². The van der Waals surface area contributed by atoms with Gasteiger partial charge in [0, 0.05) is 6.20 Å². The highest BCUT2D eigenvalue weighted by Gasteiger charge is 2.13. The Labute approximate surface area is 119 Å². The van der Waals surface area contributed by atoms with Crippen LogP contribution in [0.5, 0.6) is 0 Å². The average molecular weight is 291 g/mol. The highest BCUT2D eigenvalue weighted by Crippen LogP contribution is 2.03. The first kappa shape index (κ1) is 14.4. The standard InChI is InChI=1S/C11H13N7O3/c1-6(9-15-17-18-16-9)14-11(21)13-5-8-4-7(10(19)20)2-3-12-8/h2-4,6H,5H2,1H3,(H,19,20)(H2,13,14,21)(H,15,16,17,18). The van der Waals surface area contributed by atoms with Crippen LogP contribution in [0.1, 0.15) is 34.8 Å². The molecule has 0 aliphatic rings. The molecule has 10 nitrogen and oxygen atoms in total. The number of carboxylic acid groups (broad SMARTS) is 1. The largest absolute Gasteiger partial charge is 0.478 e. The number of urea groups is 1. The van der Waals surface area contributed by atoms with Crippen LogP contribution in [0.2, 0.25) is 0 Å². The molecular weight excluding hydrogens is 278 g/mol. The molecule has 2 aromatic heterocycles. The number of carbonyl (C=O) groups is 2. The molecule has 2 amide bonds. The topological polar surface area (TPSA) is 146 Å². The van der Waals surface area contributed by atoms with Crippen LogP contribution >= 0.6 is 0 Å². The third-order valence-electron chi connectivity index (χ3n) is 2.59. The third kappa shape index (κ3) is 3.96. The van der Waals surface area contributed by atoms with E-state index in [0.717, 1.165) is 0 Å². The van der Waals surface area contributed by atoms with Crippen molar-refractivity contribution in [3.05, 3.63) is 35.4 Å². The van der Waals surface area contributed by atoms with Crippen molar-refractivity contribution < 1.29 is 14.7 Å². The molecule has 10 heteroatoms. The monoisotopic (exact) mass is 291 g/mol. The van der Waals surface area contributed by atoms with Crippen LogP contribution in [0.4, 0.5) is 4.79 Å². The molecule has 0 saturated heterocycles. The molecule has 0 aliphatic carbocycles. The van der Waals surface area contributed by atoms with Crippen molar-refractivity contribution in [3.63, 3.8) is 0 Å². The minimum absolute atomic E-state index is 0.103. The zero-order chi connectivity index (χ0) is 15.2. The minimum Gasteiger partial charge on any atom is -0.478 e. The van der Waals surface area contributed by atoms with Gasteiger partial charge in [0.2, 0.25) is 0 Å². The first-order chi connectivity index (χ1) is 10.1. The van der Waals surface area contributed by atoms with Crippen molar-refractivity contribution in [2.24, 2.45) is 0 Å². The van der Waals surface area contributed by atoms with E-state index < -0.39 is 18.0 Å². The van der Waals surface area contributed by atoms with Gasteiger partial charge in [0.05, 0.1) is 23.8 Å². The van der Waals surface area contributed by atoms with Crippen molar-refractivity contribution in [2.75, 3.05) is 0 Å². The number of aromatic nitrogens is 5. The van der Waals surface area contributed by atoms with Gasteiger partial charge in [-0.3, -0.25) is 4.98 Å². The zero-order valence-corrected chi connectivity index (χ0v) is 11.1. The van der Waals surface area contributed by atoms with Crippen LogP contribution in [-0.4, -0.2) is 42.7 Å². The molecule has 0 spiro atoms. The second-order valence-corrected chi connectivity index (χ2v) is 4.16. The molecule has 2 rings (SSSR count). The third-order valence-corrected chi connectivity index (χ3v) is 2.59. The van der Waals surface area contributed by atoms with Gasteiger partial charge in [0.25, 0.3) is 0 Å². The van der Waals surface area contributed by atoms with Gasteiger partial charge in [-0.05, 0) is 19.1 Å². The summed E-state index contributed by atoms with van der Waals surface area (Å²) in [6.45, 7) is 1.81. The Morgan fingerprint density at radius 2 is 2.29 bits per heavy atom. The molecular formula is C11H13N7O3. The number of rotatable bonds is 5. The Balaban J connectivity index is 1.86. The molecule has 0 bridgehead atoms.